The van der Waals surface area contributed by atoms with Crippen molar-refractivity contribution in [1.29, 1.82) is 0 Å². The summed E-state index contributed by atoms with van der Waals surface area (Å²) in [6.07, 6.45) is -0.629. The summed E-state index contributed by atoms with van der Waals surface area (Å²) in [5.41, 5.74) is 0.929. The molecule has 0 saturated carbocycles. The minimum Gasteiger partial charge on any atom is -0.478 e. The molecule has 0 bridgehead atoms. The number of hydrogen-bond donors (Lipinski definition) is 1. The molecule has 0 aliphatic rings. The largest absolute Gasteiger partial charge is 0.478 e. The highest BCUT2D eigenvalue weighted by Gasteiger charge is 2.16. The third kappa shape index (κ3) is 3.90. The van der Waals surface area contributed by atoms with E-state index in [0.29, 0.717) is 0 Å². The summed E-state index contributed by atoms with van der Waals surface area (Å²) in [5.74, 6) is -1.03. The number of aliphatic carboxylic acids is 1. The fraction of sp³-hybridized carbons (Fsp3) is 0.500. The van der Waals surface area contributed by atoms with E-state index in [1.54, 1.807) is 6.92 Å². The topological polar surface area (TPSA) is 46.5 Å². The summed E-state index contributed by atoms with van der Waals surface area (Å²) in [7, 11) is 0. The number of rotatable bonds is 5. The quantitative estimate of drug-likeness (QED) is 0.525. The normalized spacial score (nSPS) is 14.7. The molecule has 74 valence electrons. The zero-order valence-corrected chi connectivity index (χ0v) is 8.33. The molecule has 0 spiro atoms. The van der Waals surface area contributed by atoms with Gasteiger partial charge in [-0.1, -0.05) is 18.7 Å². The molecule has 0 saturated heterocycles. The van der Waals surface area contributed by atoms with E-state index < -0.39 is 12.1 Å². The smallest absolute Gasteiger partial charge is 0.333 e. The van der Waals surface area contributed by atoms with Gasteiger partial charge in [-0.2, -0.15) is 0 Å². The second kappa shape index (κ2) is 4.82. The van der Waals surface area contributed by atoms with Crippen molar-refractivity contribution in [2.45, 2.75) is 33.0 Å². The highest BCUT2D eigenvalue weighted by Crippen LogP contribution is 2.11. The first-order valence-corrected chi connectivity index (χ1v) is 4.09. The summed E-state index contributed by atoms with van der Waals surface area (Å²) in [6.45, 7) is 12.4. The van der Waals surface area contributed by atoms with Gasteiger partial charge < -0.3 is 9.84 Å². The van der Waals surface area contributed by atoms with Crippen LogP contribution in [0.3, 0.4) is 0 Å². The molecule has 0 aliphatic heterocycles. The average Bonchev–Trinajstić information content (AvgIpc) is 2.02. The van der Waals surface area contributed by atoms with Gasteiger partial charge in [-0.05, 0) is 20.8 Å². The van der Waals surface area contributed by atoms with Gasteiger partial charge in [0, 0.05) is 0 Å². The van der Waals surface area contributed by atoms with Crippen molar-refractivity contribution in [1.82, 2.24) is 0 Å². The maximum atomic E-state index is 10.5. The zero-order valence-electron chi connectivity index (χ0n) is 8.33. The summed E-state index contributed by atoms with van der Waals surface area (Å²) in [4.78, 5) is 10.5. The molecule has 0 aromatic heterocycles. The molecule has 3 heteroatoms. The van der Waals surface area contributed by atoms with Crippen LogP contribution in [0, 0.1) is 0 Å². The molecule has 1 N–H and O–H groups in total. The van der Waals surface area contributed by atoms with Gasteiger partial charge in [-0.25, -0.2) is 4.79 Å². The van der Waals surface area contributed by atoms with E-state index in [0.717, 1.165) is 5.57 Å². The first kappa shape index (κ1) is 11.9. The molecule has 0 amide bonds. The highest BCUT2D eigenvalue weighted by atomic mass is 16.5. The minimum atomic E-state index is -1.03. The van der Waals surface area contributed by atoms with Crippen LogP contribution in [0.25, 0.3) is 0 Å². The van der Waals surface area contributed by atoms with Crippen LogP contribution in [0.5, 0.6) is 0 Å². The molecule has 2 unspecified atom stereocenters. The van der Waals surface area contributed by atoms with Crippen LogP contribution >= 0.6 is 0 Å². The second-order valence-corrected chi connectivity index (χ2v) is 3.10. The van der Waals surface area contributed by atoms with Crippen molar-refractivity contribution < 1.29 is 14.6 Å². The number of ether oxygens (including phenoxy) is 1. The van der Waals surface area contributed by atoms with Gasteiger partial charge >= 0.3 is 5.97 Å². The van der Waals surface area contributed by atoms with Gasteiger partial charge in [0.1, 0.15) is 0 Å². The number of hydrogen-bond acceptors (Lipinski definition) is 2. The third-order valence-corrected chi connectivity index (χ3v) is 1.87. The van der Waals surface area contributed by atoms with Crippen molar-refractivity contribution in [3.8, 4) is 0 Å². The molecule has 13 heavy (non-hydrogen) atoms. The Bertz CT molecular complexity index is 230. The standard InChI is InChI=1S/C10H16O3/c1-6(2)8(4)13-9(5)7(3)10(11)12/h8-9H,1,3H2,2,4-5H3,(H,11,12). The molecule has 3 nitrogen and oxygen atoms in total. The van der Waals surface area contributed by atoms with Crippen LogP contribution in [0.2, 0.25) is 0 Å². The van der Waals surface area contributed by atoms with Gasteiger partial charge in [-0.3, -0.25) is 0 Å². The van der Waals surface area contributed by atoms with Crippen molar-refractivity contribution in [2.24, 2.45) is 0 Å². The highest BCUT2D eigenvalue weighted by molar-refractivity contribution is 5.86. The molecule has 0 aromatic carbocycles. The summed E-state index contributed by atoms with van der Waals surface area (Å²) >= 11 is 0. The Balaban J connectivity index is 4.15. The number of carboxylic acid groups (broad SMARTS) is 1. The van der Waals surface area contributed by atoms with E-state index in [1.165, 1.54) is 0 Å². The third-order valence-electron chi connectivity index (χ3n) is 1.87. The average molecular weight is 184 g/mol. The van der Waals surface area contributed by atoms with Crippen LogP contribution in [0.15, 0.2) is 24.3 Å². The lowest BCUT2D eigenvalue weighted by atomic mass is 10.1. The maximum Gasteiger partial charge on any atom is 0.333 e. The fourth-order valence-corrected chi connectivity index (χ4v) is 0.678. The Morgan fingerprint density at radius 1 is 1.31 bits per heavy atom. The molecule has 0 aromatic rings. The Labute approximate surface area is 78.7 Å². The van der Waals surface area contributed by atoms with Crippen LogP contribution in [-0.2, 0) is 9.53 Å². The van der Waals surface area contributed by atoms with Gasteiger partial charge in [0.25, 0.3) is 0 Å². The second-order valence-electron chi connectivity index (χ2n) is 3.10. The number of carboxylic acids is 1. The summed E-state index contributed by atoms with van der Waals surface area (Å²) < 4.78 is 5.35. The molecule has 0 heterocycles. The Morgan fingerprint density at radius 3 is 2.08 bits per heavy atom. The van der Waals surface area contributed by atoms with Crippen molar-refractivity contribution in [3.63, 3.8) is 0 Å². The first-order chi connectivity index (χ1) is 5.86. The van der Waals surface area contributed by atoms with E-state index in [4.69, 9.17) is 9.84 Å². The van der Waals surface area contributed by atoms with Gasteiger partial charge in [0.15, 0.2) is 0 Å². The first-order valence-electron chi connectivity index (χ1n) is 4.09. The maximum absolute atomic E-state index is 10.5. The predicted octanol–water partition coefficient (Wildman–Crippen LogP) is 2.00. The van der Waals surface area contributed by atoms with Gasteiger partial charge in [0.05, 0.1) is 17.8 Å². The molecule has 0 aliphatic carbocycles. The van der Waals surface area contributed by atoms with E-state index in [9.17, 15) is 4.79 Å². The lowest BCUT2D eigenvalue weighted by Gasteiger charge is -2.19. The van der Waals surface area contributed by atoms with Gasteiger partial charge in [-0.15, -0.1) is 0 Å². The van der Waals surface area contributed by atoms with E-state index in [1.807, 2.05) is 13.8 Å². The molecular weight excluding hydrogens is 168 g/mol. The molecule has 0 radical (unpaired) electrons. The van der Waals surface area contributed by atoms with Crippen molar-refractivity contribution in [3.05, 3.63) is 24.3 Å². The number of carbonyl (C=O) groups is 1. The zero-order chi connectivity index (χ0) is 10.6. The van der Waals surface area contributed by atoms with Crippen LogP contribution < -0.4 is 0 Å². The molecular formula is C10H16O3. The minimum absolute atomic E-state index is 0.0631. The monoisotopic (exact) mass is 184 g/mol. The fourth-order valence-electron chi connectivity index (χ4n) is 0.678. The summed E-state index contributed by atoms with van der Waals surface area (Å²) in [6, 6.07) is 0. The molecule has 0 rings (SSSR count). The predicted molar refractivity (Wildman–Crippen MR) is 51.6 cm³/mol. The van der Waals surface area contributed by atoms with Crippen molar-refractivity contribution in [2.75, 3.05) is 0 Å². The van der Waals surface area contributed by atoms with Gasteiger partial charge in [0.2, 0.25) is 0 Å². The Hall–Kier alpha value is -1.09. The summed E-state index contributed by atoms with van der Waals surface area (Å²) in [5, 5.41) is 8.60. The van der Waals surface area contributed by atoms with Crippen LogP contribution in [-0.4, -0.2) is 23.3 Å². The Kier molecular flexibility index (Phi) is 4.42. The van der Waals surface area contributed by atoms with Crippen LogP contribution in [0.1, 0.15) is 20.8 Å². The van der Waals surface area contributed by atoms with Crippen LogP contribution in [0.4, 0.5) is 0 Å². The SMILES string of the molecule is C=C(C)C(C)OC(C)C(=C)C(=O)O. The van der Waals surface area contributed by atoms with E-state index in [2.05, 4.69) is 13.2 Å². The van der Waals surface area contributed by atoms with E-state index in [-0.39, 0.29) is 11.7 Å². The molecule has 2 atom stereocenters. The lowest BCUT2D eigenvalue weighted by molar-refractivity contribution is -0.134. The lowest BCUT2D eigenvalue weighted by Crippen LogP contribution is -2.22. The molecule has 0 fully saturated rings. The Morgan fingerprint density at radius 2 is 1.77 bits per heavy atom. The van der Waals surface area contributed by atoms with E-state index >= 15 is 0 Å². The van der Waals surface area contributed by atoms with Crippen molar-refractivity contribution >= 4 is 5.97 Å².